The van der Waals surface area contributed by atoms with Crippen LogP contribution in [0.3, 0.4) is 0 Å². The number of hydrogen-bond acceptors (Lipinski definition) is 7. The van der Waals surface area contributed by atoms with Crippen LogP contribution in [0, 0.1) is 0 Å². The molecule has 1 heterocycles. The minimum atomic E-state index is 0.0362. The van der Waals surface area contributed by atoms with Crippen molar-refractivity contribution < 1.29 is 9.68 Å². The molecule has 0 aliphatic heterocycles. The minimum Gasteiger partial charge on any atom is -0.277 e. The van der Waals surface area contributed by atoms with Gasteiger partial charge in [0.1, 0.15) is 0 Å². The van der Waals surface area contributed by atoms with Gasteiger partial charge in [0.15, 0.2) is 0 Å². The third-order valence-corrected chi connectivity index (χ3v) is 1.16. The molecule has 0 aromatic carbocycles. The molecule has 0 fully saturated rings. The highest BCUT2D eigenvalue weighted by Crippen LogP contribution is 2.08. The van der Waals surface area contributed by atoms with E-state index < -0.39 is 0 Å². The fraction of sp³-hybridized carbons (Fsp3) is 0.400. The summed E-state index contributed by atoms with van der Waals surface area (Å²) in [7, 11) is 2.86. The standard InChI is InChI=1S/C5H8ClN5O2/c1-12-10-4-7-3(6)8-5(9-4)11-13-2/h1-2H3,(H2,7,8,9,10,11). The predicted molar refractivity (Wildman–Crippen MR) is 46.1 cm³/mol. The molecule has 1 aromatic heterocycles. The maximum atomic E-state index is 5.57. The van der Waals surface area contributed by atoms with Gasteiger partial charge in [0.25, 0.3) is 11.9 Å². The lowest BCUT2D eigenvalue weighted by Crippen LogP contribution is -2.07. The van der Waals surface area contributed by atoms with Gasteiger partial charge in [0.05, 0.1) is 14.2 Å². The zero-order valence-electron chi connectivity index (χ0n) is 7.04. The molecule has 1 rings (SSSR count). The molecule has 0 spiro atoms. The van der Waals surface area contributed by atoms with Gasteiger partial charge in [-0.25, -0.2) is 11.0 Å². The molecule has 1 aromatic rings. The number of rotatable bonds is 4. The number of nitrogens with one attached hydrogen (secondary N) is 2. The number of halogens is 1. The number of nitrogens with zero attached hydrogens (tertiary/aromatic N) is 3. The molecule has 0 aliphatic carbocycles. The van der Waals surface area contributed by atoms with E-state index in [4.69, 9.17) is 11.6 Å². The summed E-state index contributed by atoms with van der Waals surface area (Å²) < 4.78 is 0. The Balaban J connectivity index is 2.83. The fourth-order valence-electron chi connectivity index (χ4n) is 0.624. The monoisotopic (exact) mass is 205 g/mol. The van der Waals surface area contributed by atoms with Crippen LogP contribution in [-0.4, -0.2) is 29.2 Å². The Hall–Kier alpha value is -1.18. The lowest BCUT2D eigenvalue weighted by molar-refractivity contribution is 0.261. The van der Waals surface area contributed by atoms with Crippen LogP contribution in [-0.2, 0) is 9.68 Å². The zero-order chi connectivity index (χ0) is 9.68. The topological polar surface area (TPSA) is 81.2 Å². The summed E-state index contributed by atoms with van der Waals surface area (Å²) in [4.78, 5) is 20.4. The Morgan fingerprint density at radius 3 is 1.85 bits per heavy atom. The zero-order valence-corrected chi connectivity index (χ0v) is 7.79. The van der Waals surface area contributed by atoms with Gasteiger partial charge in [-0.2, -0.15) is 15.0 Å². The van der Waals surface area contributed by atoms with Gasteiger partial charge in [0.2, 0.25) is 5.28 Å². The first kappa shape index (κ1) is 9.90. The van der Waals surface area contributed by atoms with E-state index in [-0.39, 0.29) is 17.2 Å². The van der Waals surface area contributed by atoms with Crippen molar-refractivity contribution in [3.63, 3.8) is 0 Å². The van der Waals surface area contributed by atoms with Crippen LogP contribution in [0.15, 0.2) is 0 Å². The van der Waals surface area contributed by atoms with Gasteiger partial charge >= 0.3 is 0 Å². The third kappa shape index (κ3) is 2.98. The second kappa shape index (κ2) is 4.75. The minimum absolute atomic E-state index is 0.0362. The molecule has 7 nitrogen and oxygen atoms in total. The van der Waals surface area contributed by atoms with Gasteiger partial charge in [-0.3, -0.25) is 9.68 Å². The molecule has 2 N–H and O–H groups in total. The first-order valence-corrected chi connectivity index (χ1v) is 3.63. The van der Waals surface area contributed by atoms with Crippen molar-refractivity contribution in [2.45, 2.75) is 0 Å². The van der Waals surface area contributed by atoms with Gasteiger partial charge in [-0.1, -0.05) is 0 Å². The molecule has 0 saturated carbocycles. The van der Waals surface area contributed by atoms with Crippen molar-refractivity contribution in [3.05, 3.63) is 5.28 Å². The summed E-state index contributed by atoms with van der Waals surface area (Å²) in [6.45, 7) is 0. The Morgan fingerprint density at radius 2 is 1.46 bits per heavy atom. The molecule has 0 bridgehead atoms. The van der Waals surface area contributed by atoms with Crippen molar-refractivity contribution in [1.82, 2.24) is 15.0 Å². The number of aromatic nitrogens is 3. The highest BCUT2D eigenvalue weighted by Gasteiger charge is 2.03. The van der Waals surface area contributed by atoms with Crippen LogP contribution in [0.1, 0.15) is 0 Å². The summed E-state index contributed by atoms with van der Waals surface area (Å²) in [5.74, 6) is 0.393. The second-order valence-electron chi connectivity index (χ2n) is 1.86. The van der Waals surface area contributed by atoms with E-state index in [1.807, 2.05) is 0 Å². The molecule has 0 saturated heterocycles. The highest BCUT2D eigenvalue weighted by molar-refractivity contribution is 6.28. The van der Waals surface area contributed by atoms with Gasteiger partial charge in [-0.05, 0) is 11.6 Å². The van der Waals surface area contributed by atoms with Crippen LogP contribution in [0.25, 0.3) is 0 Å². The van der Waals surface area contributed by atoms with Crippen LogP contribution in [0.4, 0.5) is 11.9 Å². The van der Waals surface area contributed by atoms with Gasteiger partial charge in [0, 0.05) is 0 Å². The average molecular weight is 206 g/mol. The largest absolute Gasteiger partial charge is 0.277 e. The van der Waals surface area contributed by atoms with Gasteiger partial charge in [-0.15, -0.1) is 0 Å². The molecular formula is C5H8ClN5O2. The van der Waals surface area contributed by atoms with Crippen LogP contribution in [0.2, 0.25) is 5.28 Å². The molecule has 0 atom stereocenters. The molecule has 72 valence electrons. The molecule has 8 heteroatoms. The van der Waals surface area contributed by atoms with Crippen LogP contribution in [0.5, 0.6) is 0 Å². The van der Waals surface area contributed by atoms with Crippen molar-refractivity contribution >= 4 is 23.5 Å². The molecule has 0 unspecified atom stereocenters. The SMILES string of the molecule is CONc1nc(Cl)nc(NOC)n1. The second-order valence-corrected chi connectivity index (χ2v) is 2.20. The first-order valence-electron chi connectivity index (χ1n) is 3.26. The fourth-order valence-corrected chi connectivity index (χ4v) is 0.784. The van der Waals surface area contributed by atoms with E-state index in [1.54, 1.807) is 0 Å². The van der Waals surface area contributed by atoms with E-state index in [2.05, 4.69) is 35.6 Å². The van der Waals surface area contributed by atoms with Crippen LogP contribution >= 0.6 is 11.6 Å². The summed E-state index contributed by atoms with van der Waals surface area (Å²) in [6.07, 6.45) is 0. The first-order chi connectivity index (χ1) is 6.26. The van der Waals surface area contributed by atoms with Crippen molar-refractivity contribution in [1.29, 1.82) is 0 Å². The molecule has 0 amide bonds. The maximum absolute atomic E-state index is 5.57. The molecule has 0 aliphatic rings. The normalized spacial score (nSPS) is 9.77. The number of hydrogen-bond donors (Lipinski definition) is 2. The lowest BCUT2D eigenvalue weighted by Gasteiger charge is -2.04. The predicted octanol–water partition coefficient (Wildman–Crippen LogP) is 0.472. The molecular weight excluding hydrogens is 198 g/mol. The van der Waals surface area contributed by atoms with Crippen LogP contribution < -0.4 is 11.0 Å². The Kier molecular flexibility index (Phi) is 3.62. The quantitative estimate of drug-likeness (QED) is 0.692. The summed E-state index contributed by atoms with van der Waals surface area (Å²) in [5.41, 5.74) is 4.81. The maximum Gasteiger partial charge on any atom is 0.253 e. The summed E-state index contributed by atoms with van der Waals surface area (Å²) >= 11 is 5.57. The average Bonchev–Trinajstić information content (AvgIpc) is 2.04. The Bertz CT molecular complexity index is 259. The van der Waals surface area contributed by atoms with Crippen molar-refractivity contribution in [3.8, 4) is 0 Å². The van der Waals surface area contributed by atoms with E-state index in [0.717, 1.165) is 0 Å². The highest BCUT2D eigenvalue weighted by atomic mass is 35.5. The number of anilines is 2. The van der Waals surface area contributed by atoms with E-state index in [1.165, 1.54) is 14.2 Å². The summed E-state index contributed by atoms with van der Waals surface area (Å²) in [6, 6.07) is 0. The third-order valence-electron chi connectivity index (χ3n) is 0.995. The van der Waals surface area contributed by atoms with Crippen molar-refractivity contribution in [2.75, 3.05) is 25.2 Å². The molecule has 13 heavy (non-hydrogen) atoms. The summed E-state index contributed by atoms with van der Waals surface area (Å²) in [5, 5.41) is 0.0362. The van der Waals surface area contributed by atoms with E-state index in [9.17, 15) is 0 Å². The smallest absolute Gasteiger partial charge is 0.253 e. The Labute approximate surface area is 79.4 Å². The van der Waals surface area contributed by atoms with E-state index >= 15 is 0 Å². The van der Waals surface area contributed by atoms with Gasteiger partial charge < -0.3 is 0 Å². The lowest BCUT2D eigenvalue weighted by atomic mass is 10.9. The van der Waals surface area contributed by atoms with Crippen molar-refractivity contribution in [2.24, 2.45) is 0 Å². The molecule has 0 radical (unpaired) electrons. The van der Waals surface area contributed by atoms with E-state index in [0.29, 0.717) is 0 Å². The Morgan fingerprint density at radius 1 is 1.00 bits per heavy atom.